The quantitative estimate of drug-likeness (QED) is 0.783. The van der Waals surface area contributed by atoms with Gasteiger partial charge in [0, 0.05) is 17.8 Å². The van der Waals surface area contributed by atoms with E-state index in [1.54, 1.807) is 7.05 Å². The normalized spacial score (nSPS) is 13.3. The molecule has 0 radical (unpaired) electrons. The van der Waals surface area contributed by atoms with Crippen molar-refractivity contribution in [3.05, 3.63) is 29.6 Å². The van der Waals surface area contributed by atoms with Gasteiger partial charge in [0.2, 0.25) is 0 Å². The summed E-state index contributed by atoms with van der Waals surface area (Å²) in [7, 11) is 1.77. The van der Waals surface area contributed by atoms with E-state index in [0.29, 0.717) is 5.69 Å². The van der Waals surface area contributed by atoms with Gasteiger partial charge in [-0.3, -0.25) is 4.98 Å². The monoisotopic (exact) mass is 186 g/mol. The van der Waals surface area contributed by atoms with Gasteiger partial charge in [-0.2, -0.15) is 0 Å². The van der Waals surface area contributed by atoms with Crippen molar-refractivity contribution in [1.29, 1.82) is 0 Å². The minimum absolute atomic E-state index is 0.00120. The molecule has 0 amide bonds. The highest BCUT2D eigenvalue weighted by atomic mass is 19.3. The van der Waals surface area contributed by atoms with E-state index < -0.39 is 6.43 Å². The van der Waals surface area contributed by atoms with E-state index >= 15 is 0 Å². The Balaban J connectivity index is 2.91. The molecule has 1 aromatic heterocycles. The molecule has 1 rings (SSSR count). The second-order valence-corrected chi connectivity index (χ2v) is 2.83. The molecular weight excluding hydrogens is 174 g/mol. The summed E-state index contributed by atoms with van der Waals surface area (Å²) in [6.45, 7) is 1.87. The lowest BCUT2D eigenvalue weighted by Gasteiger charge is -2.10. The first-order valence-corrected chi connectivity index (χ1v) is 4.06. The molecule has 0 spiro atoms. The molecule has 0 saturated carbocycles. The van der Waals surface area contributed by atoms with Gasteiger partial charge in [-0.1, -0.05) is 0 Å². The highest BCUT2D eigenvalue weighted by Gasteiger charge is 2.10. The van der Waals surface area contributed by atoms with E-state index in [1.165, 1.54) is 18.3 Å². The minimum atomic E-state index is -2.43. The zero-order valence-corrected chi connectivity index (χ0v) is 7.59. The van der Waals surface area contributed by atoms with Crippen LogP contribution in [-0.4, -0.2) is 12.0 Å². The first kappa shape index (κ1) is 10.1. The molecule has 4 heteroatoms. The lowest BCUT2D eigenvalue weighted by atomic mass is 10.1. The van der Waals surface area contributed by atoms with Crippen molar-refractivity contribution in [2.75, 3.05) is 7.05 Å². The Morgan fingerprint density at radius 1 is 1.46 bits per heavy atom. The van der Waals surface area contributed by atoms with Crippen LogP contribution < -0.4 is 5.32 Å². The number of nitrogens with zero attached hydrogens (tertiary/aromatic N) is 1. The summed E-state index contributed by atoms with van der Waals surface area (Å²) in [5.41, 5.74) is 0.660. The zero-order valence-electron chi connectivity index (χ0n) is 7.59. The predicted molar refractivity (Wildman–Crippen MR) is 46.7 cm³/mol. The Bertz CT molecular complexity index is 276. The Morgan fingerprint density at radius 2 is 2.15 bits per heavy atom. The zero-order chi connectivity index (χ0) is 9.84. The second kappa shape index (κ2) is 4.28. The summed E-state index contributed by atoms with van der Waals surface area (Å²) in [5, 5.41) is 2.94. The number of pyridine rings is 1. The van der Waals surface area contributed by atoms with E-state index in [9.17, 15) is 8.78 Å². The number of rotatable bonds is 3. The first-order valence-electron chi connectivity index (χ1n) is 4.06. The number of halogens is 2. The van der Waals surface area contributed by atoms with E-state index in [4.69, 9.17) is 0 Å². The Kier molecular flexibility index (Phi) is 3.31. The molecule has 2 nitrogen and oxygen atoms in total. The molecule has 72 valence electrons. The van der Waals surface area contributed by atoms with Gasteiger partial charge < -0.3 is 5.32 Å². The van der Waals surface area contributed by atoms with E-state index in [-0.39, 0.29) is 11.6 Å². The summed E-state index contributed by atoms with van der Waals surface area (Å²) in [5.74, 6) is 0. The molecule has 0 fully saturated rings. The van der Waals surface area contributed by atoms with Crippen LogP contribution in [-0.2, 0) is 0 Å². The molecule has 0 aliphatic heterocycles. The minimum Gasteiger partial charge on any atom is -0.312 e. The van der Waals surface area contributed by atoms with Gasteiger partial charge >= 0.3 is 0 Å². The number of aromatic nitrogens is 1. The summed E-state index contributed by atoms with van der Waals surface area (Å²) < 4.78 is 24.5. The fraction of sp³-hybridized carbons (Fsp3) is 0.444. The SMILES string of the molecule is CNC(C)c1cc(C(F)F)ccn1. The molecular formula is C9H12F2N2. The largest absolute Gasteiger partial charge is 0.312 e. The smallest absolute Gasteiger partial charge is 0.263 e. The van der Waals surface area contributed by atoms with Crippen LogP contribution in [0.15, 0.2) is 18.3 Å². The Hall–Kier alpha value is -1.03. The maximum absolute atomic E-state index is 12.3. The topological polar surface area (TPSA) is 24.9 Å². The van der Waals surface area contributed by atoms with Crippen LogP contribution in [0, 0.1) is 0 Å². The standard InChI is InChI=1S/C9H12F2N2/c1-6(12-2)8-5-7(9(10)11)3-4-13-8/h3-6,9,12H,1-2H3. The molecule has 0 aliphatic carbocycles. The Labute approximate surface area is 76.0 Å². The Morgan fingerprint density at radius 3 is 2.69 bits per heavy atom. The summed E-state index contributed by atoms with van der Waals surface area (Å²) in [6, 6.07) is 2.75. The number of alkyl halides is 2. The predicted octanol–water partition coefficient (Wildman–Crippen LogP) is 2.30. The number of hydrogen-bond acceptors (Lipinski definition) is 2. The molecule has 0 bridgehead atoms. The van der Waals surface area contributed by atoms with Crippen LogP contribution in [0.25, 0.3) is 0 Å². The third-order valence-corrected chi connectivity index (χ3v) is 1.93. The van der Waals surface area contributed by atoms with E-state index in [2.05, 4.69) is 10.3 Å². The summed E-state index contributed by atoms with van der Waals surface area (Å²) in [4.78, 5) is 4.00. The van der Waals surface area contributed by atoms with Crippen molar-refractivity contribution in [1.82, 2.24) is 10.3 Å². The molecule has 1 unspecified atom stereocenters. The van der Waals surface area contributed by atoms with Gasteiger partial charge in [0.05, 0.1) is 5.69 Å². The van der Waals surface area contributed by atoms with Crippen LogP contribution >= 0.6 is 0 Å². The van der Waals surface area contributed by atoms with Gasteiger partial charge in [-0.15, -0.1) is 0 Å². The highest BCUT2D eigenvalue weighted by Crippen LogP contribution is 2.20. The van der Waals surface area contributed by atoms with Crippen molar-refractivity contribution >= 4 is 0 Å². The summed E-state index contributed by atoms with van der Waals surface area (Å²) >= 11 is 0. The lowest BCUT2D eigenvalue weighted by Crippen LogP contribution is -2.13. The second-order valence-electron chi connectivity index (χ2n) is 2.83. The van der Waals surface area contributed by atoms with Crippen molar-refractivity contribution in [2.24, 2.45) is 0 Å². The van der Waals surface area contributed by atoms with Crippen LogP contribution in [0.4, 0.5) is 8.78 Å². The average molecular weight is 186 g/mol. The molecule has 1 atom stereocenters. The molecule has 1 N–H and O–H groups in total. The van der Waals surface area contributed by atoms with Crippen molar-refractivity contribution in [3.63, 3.8) is 0 Å². The van der Waals surface area contributed by atoms with Crippen LogP contribution in [0.3, 0.4) is 0 Å². The third kappa shape index (κ3) is 2.45. The lowest BCUT2D eigenvalue weighted by molar-refractivity contribution is 0.151. The van der Waals surface area contributed by atoms with Gasteiger partial charge in [0.25, 0.3) is 6.43 Å². The fourth-order valence-corrected chi connectivity index (χ4v) is 0.986. The number of hydrogen-bond donors (Lipinski definition) is 1. The van der Waals surface area contributed by atoms with Gasteiger partial charge in [-0.05, 0) is 26.1 Å². The maximum Gasteiger partial charge on any atom is 0.263 e. The van der Waals surface area contributed by atoms with Gasteiger partial charge in [0.15, 0.2) is 0 Å². The van der Waals surface area contributed by atoms with Crippen molar-refractivity contribution < 1.29 is 8.78 Å². The van der Waals surface area contributed by atoms with Crippen molar-refractivity contribution in [2.45, 2.75) is 19.4 Å². The number of nitrogens with one attached hydrogen (secondary N) is 1. The van der Waals surface area contributed by atoms with Gasteiger partial charge in [-0.25, -0.2) is 8.78 Å². The highest BCUT2D eigenvalue weighted by molar-refractivity contribution is 5.19. The summed E-state index contributed by atoms with van der Waals surface area (Å²) in [6.07, 6.45) is -1.02. The van der Waals surface area contributed by atoms with E-state index in [1.807, 2.05) is 6.92 Å². The van der Waals surface area contributed by atoms with E-state index in [0.717, 1.165) is 0 Å². The molecule has 1 heterocycles. The average Bonchev–Trinajstić information content (AvgIpc) is 2.17. The van der Waals surface area contributed by atoms with Crippen molar-refractivity contribution in [3.8, 4) is 0 Å². The van der Waals surface area contributed by atoms with Crippen LogP contribution in [0.2, 0.25) is 0 Å². The molecule has 0 aliphatic rings. The molecule has 0 saturated heterocycles. The van der Waals surface area contributed by atoms with Crippen LogP contribution in [0.1, 0.15) is 30.6 Å². The fourth-order valence-electron chi connectivity index (χ4n) is 0.986. The van der Waals surface area contributed by atoms with Gasteiger partial charge in [0.1, 0.15) is 0 Å². The molecule has 1 aromatic rings. The van der Waals surface area contributed by atoms with Crippen LogP contribution in [0.5, 0.6) is 0 Å². The first-order chi connectivity index (χ1) is 6.15. The molecule has 13 heavy (non-hydrogen) atoms. The maximum atomic E-state index is 12.3. The molecule has 0 aromatic carbocycles. The third-order valence-electron chi connectivity index (χ3n) is 1.93.